The van der Waals surface area contributed by atoms with E-state index in [1.54, 1.807) is 18.5 Å². The number of fused-ring (bicyclic) bond motifs is 2. The number of halogens is 3. The molecule has 6 N–H and O–H groups in total. The van der Waals surface area contributed by atoms with E-state index in [2.05, 4.69) is 77.2 Å². The zero-order valence-electron chi connectivity index (χ0n) is 50.3. The number of aromatic nitrogens is 6. The Balaban J connectivity index is 0.000000203. The molecule has 0 unspecified atom stereocenters. The minimum absolute atomic E-state index is 0. The smallest absolute Gasteiger partial charge is 0.446 e. The first-order chi connectivity index (χ1) is 43.0. The van der Waals surface area contributed by atoms with Gasteiger partial charge in [-0.3, -0.25) is 19.4 Å². The van der Waals surface area contributed by atoms with Crippen molar-refractivity contribution in [3.63, 3.8) is 0 Å². The summed E-state index contributed by atoms with van der Waals surface area (Å²) in [5, 5.41) is 13.6. The fourth-order valence-electron chi connectivity index (χ4n) is 11.6. The van der Waals surface area contributed by atoms with E-state index >= 15 is 0 Å². The number of alkyl halides is 3. The number of aldehydes is 1. The highest BCUT2D eigenvalue weighted by molar-refractivity contribution is 6.03. The number of likely N-dealkylation sites (N-methyl/N-ethyl adjacent to an activating group) is 2. The molecule has 4 aliphatic rings. The van der Waals surface area contributed by atoms with Crippen molar-refractivity contribution in [3.05, 3.63) is 158 Å². The highest BCUT2D eigenvalue weighted by atomic mass is 19.4. The molecule has 0 saturated carbocycles. The van der Waals surface area contributed by atoms with Gasteiger partial charge in [-0.25, -0.2) is 24.7 Å². The van der Waals surface area contributed by atoms with Crippen molar-refractivity contribution in [1.82, 2.24) is 49.1 Å². The molecule has 4 atom stereocenters. The molecule has 20 nitrogen and oxygen atoms in total. The van der Waals surface area contributed by atoms with Crippen molar-refractivity contribution < 1.29 is 51.6 Å². The number of nitrogens with two attached hydrogens (primary N) is 2. The lowest BCUT2D eigenvalue weighted by Gasteiger charge is -2.21. The number of amides is 1. The van der Waals surface area contributed by atoms with Gasteiger partial charge in [0.1, 0.15) is 58.6 Å². The highest BCUT2D eigenvalue weighted by Crippen LogP contribution is 2.42. The quantitative estimate of drug-likeness (QED) is 0.0519. The van der Waals surface area contributed by atoms with Crippen molar-refractivity contribution in [3.8, 4) is 45.3 Å². The van der Waals surface area contributed by atoms with Crippen LogP contribution in [0.5, 0.6) is 23.0 Å². The number of nitrogen functional groups attached to an aromatic ring is 2. The monoisotopic (exact) mass is 1250 g/mol. The van der Waals surface area contributed by atoms with E-state index in [9.17, 15) is 22.8 Å². The number of nitrogens with zero attached hydrogens (tertiary/aromatic N) is 9. The largest absolute Gasteiger partial charge is 0.478 e. The number of aliphatic carboxylic acids is 1. The van der Waals surface area contributed by atoms with Gasteiger partial charge < -0.3 is 54.9 Å². The Labute approximate surface area is 529 Å². The number of benzene rings is 4. The molecule has 8 aromatic rings. The SMILES string of the molecule is C.C.CN(C/C=C/C(=O)O)[C@@H]1CCOC1.Cc1c(-c2ccc(Oc3ccccc3)cc2)c2c(N)ncnc2n1[C@@H]1CCN(C(=O)/C=C/CN(C)[C@@H]2CCOC2)C1.Cc1c(-c2ccc(Oc3ccccc3)cc2)c2c(N)ncnc2n1[C@@H]1CCNC1.O=CC(F)(F)F. The molecular formula is C68H83F3N12O8. The van der Waals surface area contributed by atoms with Gasteiger partial charge in [0.25, 0.3) is 0 Å². The van der Waals surface area contributed by atoms with Crippen LogP contribution in [0.25, 0.3) is 44.3 Å². The van der Waals surface area contributed by atoms with Crippen LogP contribution in [0.15, 0.2) is 146 Å². The Hall–Kier alpha value is -9.00. The molecule has 0 radical (unpaired) electrons. The molecule has 4 fully saturated rings. The summed E-state index contributed by atoms with van der Waals surface area (Å²) >= 11 is 0. The molecule has 23 heteroatoms. The predicted molar refractivity (Wildman–Crippen MR) is 349 cm³/mol. The number of carbonyl (C=O) groups is 3. The number of anilines is 2. The first-order valence-corrected chi connectivity index (χ1v) is 29.5. The second-order valence-electron chi connectivity index (χ2n) is 22.0. The second kappa shape index (κ2) is 32.7. The van der Waals surface area contributed by atoms with Crippen LogP contribution in [-0.2, 0) is 23.9 Å². The van der Waals surface area contributed by atoms with Crippen molar-refractivity contribution in [2.75, 3.05) is 91.3 Å². The normalized spacial score (nSPS) is 17.9. The van der Waals surface area contributed by atoms with Crippen molar-refractivity contribution in [1.29, 1.82) is 0 Å². The minimum atomic E-state index is -4.64. The minimum Gasteiger partial charge on any atom is -0.478 e. The third kappa shape index (κ3) is 17.9. The van der Waals surface area contributed by atoms with Crippen LogP contribution in [0.2, 0.25) is 0 Å². The molecule has 12 rings (SSSR count). The summed E-state index contributed by atoms with van der Waals surface area (Å²) in [6.45, 7) is 12.1. The van der Waals surface area contributed by atoms with Crippen LogP contribution >= 0.6 is 0 Å². The predicted octanol–water partition coefficient (Wildman–Crippen LogP) is 11.5. The number of hydrogen-bond acceptors (Lipinski definition) is 16. The Morgan fingerprint density at radius 3 is 1.51 bits per heavy atom. The van der Waals surface area contributed by atoms with Gasteiger partial charge in [-0.05, 0) is 120 Å². The maximum Gasteiger partial charge on any atom is 0.446 e. The van der Waals surface area contributed by atoms with Crippen LogP contribution in [0.4, 0.5) is 24.8 Å². The number of carboxylic acid groups (broad SMARTS) is 1. The maximum atomic E-state index is 13.0. The Morgan fingerprint density at radius 2 is 1.10 bits per heavy atom. The molecule has 0 aliphatic carbocycles. The molecule has 91 heavy (non-hydrogen) atoms. The number of para-hydroxylation sites is 2. The van der Waals surface area contributed by atoms with Gasteiger partial charge in [0, 0.05) is 98.7 Å². The van der Waals surface area contributed by atoms with Crippen LogP contribution in [0.1, 0.15) is 64.0 Å². The van der Waals surface area contributed by atoms with Crippen molar-refractivity contribution in [2.45, 2.75) is 84.7 Å². The molecule has 4 aromatic carbocycles. The number of carbonyl (C=O) groups excluding carboxylic acids is 2. The summed E-state index contributed by atoms with van der Waals surface area (Å²) < 4.78 is 58.4. The van der Waals surface area contributed by atoms with Crippen LogP contribution in [0.3, 0.4) is 0 Å². The number of nitrogens with one attached hydrogen (secondary N) is 1. The lowest BCUT2D eigenvalue weighted by molar-refractivity contribution is -0.156. The summed E-state index contributed by atoms with van der Waals surface area (Å²) in [4.78, 5) is 56.0. The van der Waals surface area contributed by atoms with E-state index in [0.29, 0.717) is 49.4 Å². The summed E-state index contributed by atoms with van der Waals surface area (Å²) in [6, 6.07) is 37.0. The van der Waals surface area contributed by atoms with Crippen molar-refractivity contribution in [2.24, 2.45) is 0 Å². The average Bonchev–Trinajstić information content (AvgIpc) is 1.60. The van der Waals surface area contributed by atoms with Gasteiger partial charge >= 0.3 is 12.1 Å². The van der Waals surface area contributed by atoms with E-state index in [1.165, 1.54) is 12.4 Å². The fraction of sp³-hybridized carbons (Fsp3) is 0.368. The van der Waals surface area contributed by atoms with Crippen LogP contribution in [-0.4, -0.2) is 165 Å². The first kappa shape index (κ1) is 69.5. The second-order valence-corrected chi connectivity index (χ2v) is 22.0. The molecule has 0 spiro atoms. The molecule has 4 aliphatic heterocycles. The Bertz CT molecular complexity index is 3700. The summed E-state index contributed by atoms with van der Waals surface area (Å²) in [6.07, 6.45) is 7.86. The number of likely N-dealkylation sites (tertiary alicyclic amines) is 1. The number of hydrogen-bond donors (Lipinski definition) is 4. The zero-order valence-corrected chi connectivity index (χ0v) is 50.3. The molecule has 4 saturated heterocycles. The van der Waals surface area contributed by atoms with E-state index in [1.807, 2.05) is 115 Å². The summed E-state index contributed by atoms with van der Waals surface area (Å²) in [7, 11) is 4.06. The summed E-state index contributed by atoms with van der Waals surface area (Å²) in [5.41, 5.74) is 20.9. The van der Waals surface area contributed by atoms with Gasteiger partial charge in [-0.1, -0.05) is 87.7 Å². The molecular weight excluding hydrogens is 1170 g/mol. The first-order valence-electron chi connectivity index (χ1n) is 29.5. The lowest BCUT2D eigenvalue weighted by Crippen LogP contribution is -2.32. The van der Waals surface area contributed by atoms with Gasteiger partial charge in [-0.2, -0.15) is 13.2 Å². The van der Waals surface area contributed by atoms with E-state index in [-0.39, 0.29) is 26.8 Å². The van der Waals surface area contributed by atoms with E-state index < -0.39 is 18.4 Å². The van der Waals surface area contributed by atoms with Gasteiger partial charge in [0.2, 0.25) is 12.2 Å². The van der Waals surface area contributed by atoms with Gasteiger partial charge in [0.05, 0.1) is 30.0 Å². The zero-order chi connectivity index (χ0) is 63.0. The van der Waals surface area contributed by atoms with E-state index in [0.717, 1.165) is 150 Å². The average molecular weight is 1250 g/mol. The molecule has 4 aromatic heterocycles. The topological polar surface area (TPSA) is 244 Å². The van der Waals surface area contributed by atoms with Gasteiger partial charge in [-0.15, -0.1) is 0 Å². The Kier molecular flexibility index (Phi) is 24.9. The third-order valence-corrected chi connectivity index (χ3v) is 16.1. The number of rotatable bonds is 16. The Morgan fingerprint density at radius 1 is 0.659 bits per heavy atom. The lowest BCUT2D eigenvalue weighted by atomic mass is 10.0. The maximum absolute atomic E-state index is 13.0. The number of ether oxygens (including phenoxy) is 4. The standard InChI is InChI=1S/C32H36N6O3.C23H23N5O.C9H15NO3.C2HF3O.2CH4/c1-22-29(23-10-12-27(13-11-23)41-26-7-4-3-5-8-26)30-31(33)34-21-35-32(30)38(22)24-14-17-37(19-24)28(39)9-6-16-36(2)25-15-18-40-20-25;1-15-20(16-7-9-19(10-8-16)29-18-5-3-2-4-6-18)21-22(24)26-14-27-23(21)28(15)17-11-12-25-13-17;1-10(5-2-3-9(11)12)8-4-6-13-7-8;3-2(4,5)1-6;;/h3-13,21,24-25H,14-20H2,1-2H3,(H2,33,34,35);2-10,14,17,25H,11-13H2,1H3,(H2,24,26,27);2-3,8H,4-7H2,1H3,(H,11,12);1H;2*1H4/b9-6+;;3-2+;;;/t24-,25-;17-;8-;;;/m111.../s1. The molecule has 8 heterocycles. The van der Waals surface area contributed by atoms with Crippen molar-refractivity contribution >= 4 is 51.9 Å². The third-order valence-electron chi connectivity index (χ3n) is 16.1. The van der Waals surface area contributed by atoms with Crippen LogP contribution < -0.4 is 26.3 Å². The molecule has 0 bridgehead atoms. The molecule has 484 valence electrons. The number of carboxylic acids is 1. The highest BCUT2D eigenvalue weighted by Gasteiger charge is 2.32. The molecule has 1 amide bonds. The summed E-state index contributed by atoms with van der Waals surface area (Å²) in [5.74, 6) is 3.27. The fourth-order valence-corrected chi connectivity index (χ4v) is 11.6. The van der Waals surface area contributed by atoms with E-state index in [4.69, 9.17) is 40.3 Å². The van der Waals surface area contributed by atoms with Gasteiger partial charge in [0.15, 0.2) is 0 Å². The van der Waals surface area contributed by atoms with Crippen LogP contribution in [0, 0.1) is 13.8 Å².